The van der Waals surface area contributed by atoms with E-state index in [1.54, 1.807) is 26.0 Å². The third kappa shape index (κ3) is 12100. The predicted octanol–water partition coefficient (Wildman–Crippen LogP) is 2.45. The first-order valence-electron chi connectivity index (χ1n) is 3.97. The minimum absolute atomic E-state index is 1.62. The van der Waals surface area contributed by atoms with Crippen molar-refractivity contribution in [2.45, 2.75) is 13.8 Å². The third-order valence-corrected chi connectivity index (χ3v) is 0. The van der Waals surface area contributed by atoms with E-state index < -0.39 is 0 Å². The molecule has 0 aliphatic heterocycles. The molecule has 0 bridgehead atoms. The van der Waals surface area contributed by atoms with Gasteiger partial charge in [-0.05, 0) is 33.7 Å². The fourth-order valence-corrected chi connectivity index (χ4v) is 0. The molecule has 0 fully saturated rings. The summed E-state index contributed by atoms with van der Waals surface area (Å²) in [5.41, 5.74) is 0. The molecule has 0 atom stereocenters. The summed E-state index contributed by atoms with van der Waals surface area (Å²) < 4.78 is 4.25. The first-order valence-corrected chi connectivity index (χ1v) is 5.61. The average Bonchev–Trinajstić information content (AvgIpc) is 1.92. The largest absolute Gasteiger partial charge is 0.388 e. The van der Waals surface area contributed by atoms with Gasteiger partial charge in [-0.3, -0.25) is 0 Å². The van der Waals surface area contributed by atoms with Crippen LogP contribution in [0, 0.1) is 0 Å². The maximum atomic E-state index is 4.25. The minimum atomic E-state index is 1.62. The van der Waals surface area contributed by atoms with Gasteiger partial charge in [-0.1, -0.05) is 13.8 Å². The van der Waals surface area contributed by atoms with Crippen LogP contribution in [0.2, 0.25) is 0 Å². The molecule has 12 heavy (non-hydrogen) atoms. The molecule has 0 unspecified atom stereocenters. The van der Waals surface area contributed by atoms with Gasteiger partial charge in [-0.2, -0.15) is 11.8 Å². The molecule has 3 heteroatoms. The number of methoxy groups -OCH3 is 1. The van der Waals surface area contributed by atoms with Crippen molar-refractivity contribution in [1.82, 2.24) is 4.90 Å². The highest BCUT2D eigenvalue weighted by atomic mass is 32.2. The van der Waals surface area contributed by atoms with Crippen molar-refractivity contribution < 1.29 is 4.74 Å². The zero-order chi connectivity index (χ0) is 11.0. The van der Waals surface area contributed by atoms with Crippen LogP contribution in [0.3, 0.4) is 0 Å². The van der Waals surface area contributed by atoms with Gasteiger partial charge in [0.15, 0.2) is 0 Å². The second kappa shape index (κ2) is 42.8. The zero-order valence-electron chi connectivity index (χ0n) is 10.3. The van der Waals surface area contributed by atoms with Crippen LogP contribution in [0.5, 0.6) is 0 Å². The molecule has 0 heterocycles. The lowest BCUT2D eigenvalue weighted by Crippen LogP contribution is -1.99. The monoisotopic (exact) mass is 197 g/mol. The second-order valence-corrected chi connectivity index (χ2v) is 2.97. The third-order valence-electron chi connectivity index (χ3n) is 0. The van der Waals surface area contributed by atoms with Crippen LogP contribution in [0.1, 0.15) is 13.8 Å². The van der Waals surface area contributed by atoms with Crippen molar-refractivity contribution >= 4 is 11.8 Å². The van der Waals surface area contributed by atoms with Gasteiger partial charge in [0.1, 0.15) is 0 Å². The lowest BCUT2D eigenvalue weighted by atomic mass is 11.0. The molecule has 0 N–H and O–H groups in total. The number of hydrogen-bond acceptors (Lipinski definition) is 3. The summed E-state index contributed by atoms with van der Waals surface area (Å²) in [5.74, 6) is 0. The fraction of sp³-hybridized carbons (Fsp3) is 1.00. The molecule has 0 spiro atoms. The number of rotatable bonds is 0. The second-order valence-electron chi connectivity index (χ2n) is 2.16. The lowest BCUT2D eigenvalue weighted by Gasteiger charge is -1.90. The van der Waals surface area contributed by atoms with E-state index in [-0.39, 0.29) is 0 Å². The predicted molar refractivity (Wildman–Crippen MR) is 63.3 cm³/mol. The van der Waals surface area contributed by atoms with Gasteiger partial charge in [0.05, 0.1) is 0 Å². The van der Waals surface area contributed by atoms with Crippen molar-refractivity contribution in [3.63, 3.8) is 0 Å². The highest BCUT2D eigenvalue weighted by Crippen LogP contribution is 1.70. The Hall–Kier alpha value is 0.270. The van der Waals surface area contributed by atoms with Crippen LogP contribution in [0.25, 0.3) is 0 Å². The van der Waals surface area contributed by atoms with E-state index in [9.17, 15) is 0 Å². The summed E-state index contributed by atoms with van der Waals surface area (Å²) in [7, 11) is 9.25. The van der Waals surface area contributed by atoms with E-state index in [2.05, 4.69) is 4.74 Å². The molecule has 0 aromatic carbocycles. The molecule has 0 aliphatic rings. The molecule has 0 rings (SSSR count). The molecule has 0 saturated carbocycles. The average molecular weight is 197 g/mol. The van der Waals surface area contributed by atoms with Crippen LogP contribution in [0.4, 0.5) is 0 Å². The molecular weight excluding hydrogens is 170 g/mol. The van der Waals surface area contributed by atoms with Gasteiger partial charge in [0.2, 0.25) is 0 Å². The van der Waals surface area contributed by atoms with E-state index in [4.69, 9.17) is 0 Å². The SMILES string of the molecule is CC.CN(C)C.COC.CSC. The van der Waals surface area contributed by atoms with Crippen LogP contribution >= 0.6 is 11.8 Å². The summed E-state index contributed by atoms with van der Waals surface area (Å²) >= 11 is 1.75. The first kappa shape index (κ1) is 22.8. The first-order chi connectivity index (χ1) is 5.56. The minimum Gasteiger partial charge on any atom is -0.388 e. The van der Waals surface area contributed by atoms with E-state index in [1.807, 2.05) is 52.4 Å². The summed E-state index contributed by atoms with van der Waals surface area (Å²) in [6.07, 6.45) is 4.08. The number of nitrogens with zero attached hydrogens (tertiary/aromatic N) is 1. The Morgan fingerprint density at radius 1 is 0.917 bits per heavy atom. The summed E-state index contributed by atoms with van der Waals surface area (Å²) in [5, 5.41) is 0. The van der Waals surface area contributed by atoms with E-state index in [0.717, 1.165) is 0 Å². The maximum Gasteiger partial charge on any atom is 0.0351 e. The van der Waals surface area contributed by atoms with Crippen molar-refractivity contribution in [3.05, 3.63) is 0 Å². The molecule has 0 saturated heterocycles. The molecule has 80 valence electrons. The van der Waals surface area contributed by atoms with Crippen molar-refractivity contribution in [1.29, 1.82) is 0 Å². The Morgan fingerprint density at radius 2 is 0.917 bits per heavy atom. The highest BCUT2D eigenvalue weighted by Gasteiger charge is 1.58. The van der Waals surface area contributed by atoms with E-state index >= 15 is 0 Å². The van der Waals surface area contributed by atoms with Gasteiger partial charge in [0.25, 0.3) is 0 Å². The Bertz CT molecular complexity index is 31.0. The topological polar surface area (TPSA) is 12.5 Å². The standard InChI is InChI=1S/C3H9N.C2H6O.C2H6S.C2H6/c1-4(2)3;2*1-3-2;1-2/h1-3H3;2*1-2H3;1-2H3. The fourth-order valence-electron chi connectivity index (χ4n) is 0. The van der Waals surface area contributed by atoms with Crippen LogP contribution in [-0.2, 0) is 4.74 Å². The number of ether oxygens (including phenoxy) is 1. The lowest BCUT2D eigenvalue weighted by molar-refractivity contribution is 0.277. The molecule has 0 amide bonds. The molecule has 2 nitrogen and oxygen atoms in total. The maximum absolute atomic E-state index is 4.25. The normalized spacial score (nSPS) is 6.50. The highest BCUT2D eigenvalue weighted by molar-refractivity contribution is 7.97. The number of thioether (sulfide) groups is 1. The van der Waals surface area contributed by atoms with Crippen LogP contribution < -0.4 is 0 Å². The van der Waals surface area contributed by atoms with Gasteiger partial charge >= 0.3 is 0 Å². The Morgan fingerprint density at radius 3 is 0.917 bits per heavy atom. The quantitative estimate of drug-likeness (QED) is 0.592. The summed E-state index contributed by atoms with van der Waals surface area (Å²) in [6, 6.07) is 0. The Labute approximate surface area is 83.7 Å². The molecule has 0 radical (unpaired) electrons. The zero-order valence-corrected chi connectivity index (χ0v) is 11.1. The van der Waals surface area contributed by atoms with Gasteiger partial charge < -0.3 is 9.64 Å². The smallest absolute Gasteiger partial charge is 0.0351 e. The Balaban J connectivity index is -0.0000000368. The van der Waals surface area contributed by atoms with Crippen molar-refractivity contribution in [3.8, 4) is 0 Å². The Kier molecular flexibility index (Phi) is 81.3. The number of hydrogen-bond donors (Lipinski definition) is 0. The molecule has 0 aliphatic carbocycles. The van der Waals surface area contributed by atoms with Gasteiger partial charge in [-0.15, -0.1) is 0 Å². The van der Waals surface area contributed by atoms with Crippen molar-refractivity contribution in [2.75, 3.05) is 47.9 Å². The van der Waals surface area contributed by atoms with Crippen LogP contribution in [-0.4, -0.2) is 52.8 Å². The van der Waals surface area contributed by atoms with Crippen LogP contribution in [0.15, 0.2) is 0 Å². The van der Waals surface area contributed by atoms with Gasteiger partial charge in [0, 0.05) is 14.2 Å². The molecule has 0 aromatic rings. The molecule has 0 aromatic heterocycles. The van der Waals surface area contributed by atoms with Gasteiger partial charge in [-0.25, -0.2) is 0 Å². The van der Waals surface area contributed by atoms with Crippen molar-refractivity contribution in [2.24, 2.45) is 0 Å². The van der Waals surface area contributed by atoms with E-state index in [1.165, 1.54) is 0 Å². The molecular formula is C9H27NOS. The summed E-state index contributed by atoms with van der Waals surface area (Å²) in [4.78, 5) is 2.00. The summed E-state index contributed by atoms with van der Waals surface area (Å²) in [6.45, 7) is 4.00. The van der Waals surface area contributed by atoms with E-state index in [0.29, 0.717) is 0 Å².